The monoisotopic (exact) mass is 571 g/mol. The maximum atomic E-state index is 13.8. The van der Waals surface area contributed by atoms with Gasteiger partial charge in [0.05, 0.1) is 42.7 Å². The van der Waals surface area contributed by atoms with Crippen molar-refractivity contribution in [2.75, 3.05) is 50.1 Å². The van der Waals surface area contributed by atoms with Crippen LogP contribution < -0.4 is 10.2 Å². The molecule has 40 heavy (non-hydrogen) atoms. The Morgan fingerprint density at radius 1 is 0.950 bits per heavy atom. The van der Waals surface area contributed by atoms with Crippen LogP contribution >= 0.6 is 23.5 Å². The Bertz CT molecular complexity index is 1470. The molecule has 0 unspecified atom stereocenters. The number of ether oxygens (including phenoxy) is 1. The molecule has 0 bridgehead atoms. The molecule has 8 nitrogen and oxygen atoms in total. The van der Waals surface area contributed by atoms with Crippen molar-refractivity contribution in [1.29, 1.82) is 0 Å². The highest BCUT2D eigenvalue weighted by molar-refractivity contribution is 8.19. The highest BCUT2D eigenvalue weighted by Crippen LogP contribution is 2.50. The van der Waals surface area contributed by atoms with E-state index >= 15 is 0 Å². The van der Waals surface area contributed by atoms with Gasteiger partial charge in [0.15, 0.2) is 5.17 Å². The van der Waals surface area contributed by atoms with Gasteiger partial charge in [-0.05, 0) is 53.7 Å². The molecule has 2 saturated heterocycles. The molecule has 2 fully saturated rings. The fraction of sp³-hybridized carbons (Fsp3) is 0.233. The van der Waals surface area contributed by atoms with Crippen molar-refractivity contribution in [2.45, 2.75) is 11.4 Å². The average molecular weight is 572 g/mol. The molecule has 0 atom stereocenters. The molecule has 3 aromatic rings. The fourth-order valence-electron chi connectivity index (χ4n) is 4.72. The van der Waals surface area contributed by atoms with Crippen molar-refractivity contribution in [3.63, 3.8) is 0 Å². The quantitative estimate of drug-likeness (QED) is 0.411. The lowest BCUT2D eigenvalue weighted by Gasteiger charge is -2.25. The molecule has 0 aliphatic carbocycles. The number of benzene rings is 3. The highest BCUT2D eigenvalue weighted by atomic mass is 32.2. The van der Waals surface area contributed by atoms with Gasteiger partial charge in [-0.2, -0.15) is 0 Å². The fourth-order valence-corrected chi connectivity index (χ4v) is 7.06. The Hall–Kier alpha value is -3.57. The number of morpholine rings is 1. The molecular formula is C30H29N5O3S2. The highest BCUT2D eigenvalue weighted by Gasteiger charge is 2.39. The number of hydrogen-bond donors (Lipinski definition) is 1. The number of carbonyl (C=O) groups is 2. The molecule has 0 radical (unpaired) electrons. The van der Waals surface area contributed by atoms with E-state index in [1.54, 1.807) is 16.7 Å². The van der Waals surface area contributed by atoms with E-state index in [4.69, 9.17) is 9.73 Å². The van der Waals surface area contributed by atoms with Crippen LogP contribution in [0.5, 0.6) is 0 Å². The summed E-state index contributed by atoms with van der Waals surface area (Å²) in [5.41, 5.74) is 3.55. The number of hydrogen-bond acceptors (Lipinski definition) is 8. The first-order valence-electron chi connectivity index (χ1n) is 13.1. The molecule has 10 heteroatoms. The summed E-state index contributed by atoms with van der Waals surface area (Å²) in [6, 6.07) is 25.5. The minimum absolute atomic E-state index is 0.0533. The van der Waals surface area contributed by atoms with Gasteiger partial charge >= 0.3 is 0 Å². The number of nitrogens with zero attached hydrogens (tertiary/aromatic N) is 4. The van der Waals surface area contributed by atoms with Crippen LogP contribution in [-0.2, 0) is 20.9 Å². The van der Waals surface area contributed by atoms with Gasteiger partial charge in [-0.1, -0.05) is 54.2 Å². The van der Waals surface area contributed by atoms with E-state index in [9.17, 15) is 9.59 Å². The predicted octanol–water partition coefficient (Wildman–Crippen LogP) is 5.13. The number of anilines is 2. The predicted molar refractivity (Wildman–Crippen MR) is 162 cm³/mol. The van der Waals surface area contributed by atoms with E-state index in [0.717, 1.165) is 34.3 Å². The minimum Gasteiger partial charge on any atom is -0.379 e. The van der Waals surface area contributed by atoms with E-state index in [2.05, 4.69) is 27.2 Å². The number of fused-ring (bicyclic) bond motifs is 1. The number of nitrogens with one attached hydrogen (secondary N) is 1. The van der Waals surface area contributed by atoms with Gasteiger partial charge in [-0.3, -0.25) is 19.4 Å². The van der Waals surface area contributed by atoms with Crippen LogP contribution in [0.15, 0.2) is 98.7 Å². The Kier molecular flexibility index (Phi) is 7.92. The van der Waals surface area contributed by atoms with Gasteiger partial charge in [0.1, 0.15) is 4.91 Å². The van der Waals surface area contributed by atoms with Crippen LogP contribution in [0.1, 0.15) is 5.56 Å². The summed E-state index contributed by atoms with van der Waals surface area (Å²) in [7, 11) is 2.00. The summed E-state index contributed by atoms with van der Waals surface area (Å²) in [4.78, 5) is 38.9. The lowest BCUT2D eigenvalue weighted by Crippen LogP contribution is -2.41. The zero-order chi connectivity index (χ0) is 27.5. The number of rotatable bonds is 6. The largest absolute Gasteiger partial charge is 0.379 e. The topological polar surface area (TPSA) is 77.5 Å². The van der Waals surface area contributed by atoms with E-state index in [0.29, 0.717) is 47.8 Å². The van der Waals surface area contributed by atoms with E-state index in [-0.39, 0.29) is 11.8 Å². The van der Waals surface area contributed by atoms with Crippen LogP contribution in [0, 0.1) is 0 Å². The van der Waals surface area contributed by atoms with Crippen molar-refractivity contribution in [2.24, 2.45) is 4.99 Å². The van der Waals surface area contributed by atoms with E-state index < -0.39 is 0 Å². The first kappa shape index (κ1) is 26.6. The molecule has 3 aliphatic heterocycles. The Morgan fingerprint density at radius 2 is 1.68 bits per heavy atom. The number of amidine groups is 1. The van der Waals surface area contributed by atoms with Gasteiger partial charge in [0, 0.05) is 30.7 Å². The van der Waals surface area contributed by atoms with Gasteiger partial charge in [-0.25, -0.2) is 4.99 Å². The minimum atomic E-state index is -0.0539. The molecular weight excluding hydrogens is 542 g/mol. The molecule has 0 saturated carbocycles. The molecule has 3 aliphatic rings. The molecule has 3 heterocycles. The normalized spacial score (nSPS) is 20.3. The van der Waals surface area contributed by atoms with Gasteiger partial charge in [0.2, 0.25) is 5.91 Å². The molecule has 3 aromatic carbocycles. The van der Waals surface area contributed by atoms with Gasteiger partial charge in [0.25, 0.3) is 5.91 Å². The number of thioether (sulfide) groups is 2. The molecule has 0 aromatic heterocycles. The van der Waals surface area contributed by atoms with Crippen LogP contribution in [0.3, 0.4) is 0 Å². The Morgan fingerprint density at radius 3 is 2.42 bits per heavy atom. The number of para-hydroxylation sites is 1. The van der Waals surface area contributed by atoms with E-state index in [1.165, 1.54) is 11.8 Å². The summed E-state index contributed by atoms with van der Waals surface area (Å²) in [6.07, 6.45) is 0. The summed E-state index contributed by atoms with van der Waals surface area (Å²) in [5.74, 6) is -0.107. The number of carbonyl (C=O) groups excluding carboxylic acids is 2. The van der Waals surface area contributed by atoms with Crippen LogP contribution in [0.2, 0.25) is 0 Å². The summed E-state index contributed by atoms with van der Waals surface area (Å²) >= 11 is 3.02. The summed E-state index contributed by atoms with van der Waals surface area (Å²) in [5, 5.41) is 4.51. The number of amides is 2. The number of aliphatic imine (C=N–C) groups is 1. The van der Waals surface area contributed by atoms with Crippen molar-refractivity contribution >= 4 is 57.6 Å². The second-order valence-electron chi connectivity index (χ2n) is 9.62. The second-order valence-corrected chi connectivity index (χ2v) is 11.6. The van der Waals surface area contributed by atoms with Gasteiger partial charge < -0.3 is 15.0 Å². The molecule has 2 amide bonds. The zero-order valence-electron chi connectivity index (χ0n) is 22.1. The van der Waals surface area contributed by atoms with Crippen LogP contribution in [-0.4, -0.2) is 66.7 Å². The smallest absolute Gasteiger partial charge is 0.269 e. The first-order valence-corrected chi connectivity index (χ1v) is 14.8. The third-order valence-electron chi connectivity index (χ3n) is 6.83. The molecule has 1 N–H and O–H groups in total. The van der Waals surface area contributed by atoms with Crippen molar-refractivity contribution in [3.05, 3.63) is 94.4 Å². The first-order chi connectivity index (χ1) is 19.5. The zero-order valence-corrected chi connectivity index (χ0v) is 23.7. The lowest BCUT2D eigenvalue weighted by molar-refractivity contribution is -0.122. The lowest BCUT2D eigenvalue weighted by atomic mass is 10.2. The third kappa shape index (κ3) is 5.80. The molecule has 0 spiro atoms. The van der Waals surface area contributed by atoms with Gasteiger partial charge in [-0.15, -0.1) is 0 Å². The summed E-state index contributed by atoms with van der Waals surface area (Å²) in [6.45, 7) is 3.61. The summed E-state index contributed by atoms with van der Waals surface area (Å²) < 4.78 is 5.35. The maximum absolute atomic E-state index is 13.8. The maximum Gasteiger partial charge on any atom is 0.269 e. The van der Waals surface area contributed by atoms with Crippen LogP contribution in [0.25, 0.3) is 0 Å². The van der Waals surface area contributed by atoms with Crippen LogP contribution in [0.4, 0.5) is 17.1 Å². The SMILES string of the molecule is CN1/C(=C2/S/C(=N\c3ccc(NC(=O)CN4CCOCC4)cc3)N(Cc3ccccc3)C2=O)Sc2ccccc21. The molecule has 6 rings (SSSR count). The average Bonchev–Trinajstić information content (AvgIpc) is 3.46. The standard InChI is InChI=1S/C30H29N5O3S2/c1-33-24-9-5-6-10-25(24)39-29(33)27-28(37)35(19-21-7-3-2-4-8-21)30(40-27)32-23-13-11-22(12-14-23)31-26(36)20-34-15-17-38-18-16-34/h2-14H,15-20H2,1H3,(H,31,36)/b29-27-,32-30-. The third-order valence-corrected chi connectivity index (χ3v) is 9.26. The molecule has 204 valence electrons. The van der Waals surface area contributed by atoms with E-state index in [1.807, 2.05) is 73.8 Å². The second kappa shape index (κ2) is 11.9. The Balaban J connectivity index is 1.23. The van der Waals surface area contributed by atoms with Crippen molar-refractivity contribution < 1.29 is 14.3 Å². The Labute approximate surface area is 242 Å². The van der Waals surface area contributed by atoms with Crippen molar-refractivity contribution in [1.82, 2.24) is 9.80 Å². The van der Waals surface area contributed by atoms with Crippen molar-refractivity contribution in [3.8, 4) is 0 Å².